The molecule has 1 unspecified atom stereocenters. The van der Waals surface area contributed by atoms with Gasteiger partial charge in [0.05, 0.1) is 10.9 Å². The van der Waals surface area contributed by atoms with Crippen LogP contribution >= 0.6 is 0 Å². The smallest absolute Gasteiger partial charge is 0.204 e. The minimum absolute atomic E-state index is 0.0484. The largest absolute Gasteiger partial charge is 0.451 e. The van der Waals surface area contributed by atoms with Crippen molar-refractivity contribution in [1.29, 1.82) is 0 Å². The summed E-state index contributed by atoms with van der Waals surface area (Å²) in [6.07, 6.45) is 0. The maximum absolute atomic E-state index is 6.83. The van der Waals surface area contributed by atoms with Gasteiger partial charge in [0, 0.05) is 22.3 Å². The molecule has 1 aromatic heterocycles. The highest BCUT2D eigenvalue weighted by Crippen LogP contribution is 2.54. The number of rotatable bonds is 4. The first-order chi connectivity index (χ1) is 27.7. The SMILES string of the molecule is CC1(C)c2cc(-c3c4ccccc4c(-c4cc([S+](c5ccccc5)C(C)(C)C)c5oc6ccccc6c5c4)c4ccccc34)ccc2-c2c1ccc1ccccc21. The molecule has 0 bridgehead atoms. The fourth-order valence-corrected chi connectivity index (χ4v) is 12.5. The average molecular weight is 752 g/mol. The van der Waals surface area contributed by atoms with E-state index in [1.54, 1.807) is 0 Å². The maximum Gasteiger partial charge on any atom is 0.204 e. The number of fused-ring (bicyclic) bond motifs is 10. The van der Waals surface area contributed by atoms with Gasteiger partial charge in [-0.3, -0.25) is 0 Å². The van der Waals surface area contributed by atoms with Gasteiger partial charge in [-0.05, 0) is 128 Å². The molecule has 2 heteroatoms. The third-order valence-corrected chi connectivity index (χ3v) is 15.0. The van der Waals surface area contributed by atoms with Gasteiger partial charge in [0.1, 0.15) is 10.3 Å². The summed E-state index contributed by atoms with van der Waals surface area (Å²) in [7, 11) is -0.283. The van der Waals surface area contributed by atoms with Crippen LogP contribution in [0.2, 0.25) is 0 Å². The Kier molecular flexibility index (Phi) is 7.47. The first kappa shape index (κ1) is 34.2. The summed E-state index contributed by atoms with van der Waals surface area (Å²) in [5.41, 5.74) is 12.3. The highest BCUT2D eigenvalue weighted by molar-refractivity contribution is 7.98. The van der Waals surface area contributed by atoms with E-state index in [1.165, 1.54) is 92.0 Å². The van der Waals surface area contributed by atoms with Crippen LogP contribution in [-0.4, -0.2) is 4.75 Å². The Labute approximate surface area is 337 Å². The number of furan rings is 1. The summed E-state index contributed by atoms with van der Waals surface area (Å²) < 4.78 is 6.78. The van der Waals surface area contributed by atoms with Crippen molar-refractivity contribution in [1.82, 2.24) is 0 Å². The molecule has 9 aromatic carbocycles. The lowest BCUT2D eigenvalue weighted by Gasteiger charge is -2.23. The minimum Gasteiger partial charge on any atom is -0.451 e. The lowest BCUT2D eigenvalue weighted by molar-refractivity contribution is 0.658. The van der Waals surface area contributed by atoms with Gasteiger partial charge in [0.25, 0.3) is 0 Å². The standard InChI is InChI=1S/C55H43OS/c1-54(2,3)57(37-18-7-6-8-19-37)49-33-36(31-45-39-21-15-16-26-48(39)56-53(45)49)51-42-24-13-11-22-40(42)50(41-23-12-14-25-43(41)51)35-27-29-44-47(32-35)55(4,5)46-30-28-34-17-9-10-20-38(34)52(44)46/h6-33H,1-5H3/q+1. The molecule has 0 saturated carbocycles. The van der Waals surface area contributed by atoms with Crippen LogP contribution in [0.1, 0.15) is 45.7 Å². The predicted molar refractivity (Wildman–Crippen MR) is 245 cm³/mol. The van der Waals surface area contributed by atoms with Crippen LogP contribution in [0.5, 0.6) is 0 Å². The molecule has 57 heavy (non-hydrogen) atoms. The molecule has 1 nitrogen and oxygen atoms in total. The first-order valence-electron chi connectivity index (χ1n) is 20.0. The van der Waals surface area contributed by atoms with Crippen molar-refractivity contribution >= 4 is 65.2 Å². The molecule has 1 aliphatic rings. The van der Waals surface area contributed by atoms with Crippen molar-refractivity contribution < 1.29 is 4.42 Å². The zero-order valence-corrected chi connectivity index (χ0v) is 33.8. The minimum atomic E-state index is -0.283. The molecule has 0 radical (unpaired) electrons. The number of hydrogen-bond donors (Lipinski definition) is 0. The number of benzene rings is 9. The van der Waals surface area contributed by atoms with E-state index < -0.39 is 0 Å². The molecule has 0 aliphatic heterocycles. The second-order valence-electron chi connectivity index (χ2n) is 17.1. The molecule has 11 rings (SSSR count). The third-order valence-electron chi connectivity index (χ3n) is 12.3. The third kappa shape index (κ3) is 5.10. The summed E-state index contributed by atoms with van der Waals surface area (Å²) in [6.45, 7) is 11.9. The summed E-state index contributed by atoms with van der Waals surface area (Å²) >= 11 is 0. The fraction of sp³-hybridized carbons (Fsp3) is 0.127. The lowest BCUT2D eigenvalue weighted by Crippen LogP contribution is -2.28. The molecule has 0 spiro atoms. The van der Waals surface area contributed by atoms with Gasteiger partial charge in [-0.15, -0.1) is 0 Å². The molecular weight excluding hydrogens is 709 g/mol. The molecule has 274 valence electrons. The van der Waals surface area contributed by atoms with Gasteiger partial charge in [0.2, 0.25) is 4.90 Å². The number of hydrogen-bond acceptors (Lipinski definition) is 1. The van der Waals surface area contributed by atoms with E-state index in [2.05, 4.69) is 204 Å². The highest BCUT2D eigenvalue weighted by Gasteiger charge is 2.42. The van der Waals surface area contributed by atoms with Crippen LogP contribution in [0.25, 0.3) is 87.6 Å². The highest BCUT2D eigenvalue weighted by atomic mass is 32.2. The van der Waals surface area contributed by atoms with Gasteiger partial charge in [-0.1, -0.05) is 147 Å². The van der Waals surface area contributed by atoms with E-state index in [1.807, 2.05) is 0 Å². The Morgan fingerprint density at radius 2 is 1.04 bits per heavy atom. The topological polar surface area (TPSA) is 13.1 Å². The molecule has 10 aromatic rings. The van der Waals surface area contributed by atoms with Crippen molar-refractivity contribution in [2.45, 2.75) is 54.6 Å². The Morgan fingerprint density at radius 1 is 0.456 bits per heavy atom. The zero-order valence-electron chi connectivity index (χ0n) is 33.0. The molecule has 0 N–H and O–H groups in total. The Balaban J connectivity index is 1.20. The second-order valence-corrected chi connectivity index (χ2v) is 19.9. The molecule has 0 amide bonds. The van der Waals surface area contributed by atoms with E-state index in [-0.39, 0.29) is 21.1 Å². The zero-order chi connectivity index (χ0) is 38.6. The predicted octanol–water partition coefficient (Wildman–Crippen LogP) is 15.5. The van der Waals surface area contributed by atoms with Gasteiger partial charge >= 0.3 is 0 Å². The van der Waals surface area contributed by atoms with E-state index in [0.29, 0.717) is 0 Å². The van der Waals surface area contributed by atoms with Crippen LogP contribution in [-0.2, 0) is 16.3 Å². The number of para-hydroxylation sites is 1. The van der Waals surface area contributed by atoms with E-state index in [0.717, 1.165) is 16.6 Å². The Hall–Kier alpha value is -6.09. The molecule has 1 heterocycles. The molecule has 1 aliphatic carbocycles. The summed E-state index contributed by atoms with van der Waals surface area (Å²) in [5.74, 6) is 0. The van der Waals surface area contributed by atoms with Crippen LogP contribution in [0, 0.1) is 0 Å². The van der Waals surface area contributed by atoms with Crippen molar-refractivity contribution in [2.75, 3.05) is 0 Å². The fourth-order valence-electron chi connectivity index (χ4n) is 9.87. The van der Waals surface area contributed by atoms with Crippen molar-refractivity contribution in [2.24, 2.45) is 0 Å². The maximum atomic E-state index is 6.83. The molecular formula is C55H43OS+. The summed E-state index contributed by atoms with van der Waals surface area (Å²) in [6, 6.07) is 63.3. The van der Waals surface area contributed by atoms with E-state index in [4.69, 9.17) is 4.42 Å². The van der Waals surface area contributed by atoms with Crippen LogP contribution in [0.3, 0.4) is 0 Å². The Bertz CT molecular complexity index is 3190. The Morgan fingerprint density at radius 3 is 1.70 bits per heavy atom. The summed E-state index contributed by atoms with van der Waals surface area (Å²) in [4.78, 5) is 2.58. The van der Waals surface area contributed by atoms with Crippen molar-refractivity contribution in [3.8, 4) is 33.4 Å². The molecule has 0 saturated heterocycles. The quantitative estimate of drug-likeness (QED) is 0.129. The van der Waals surface area contributed by atoms with Crippen molar-refractivity contribution in [3.63, 3.8) is 0 Å². The average Bonchev–Trinajstić information content (AvgIpc) is 3.71. The van der Waals surface area contributed by atoms with Gasteiger partial charge in [-0.25, -0.2) is 0 Å². The van der Waals surface area contributed by atoms with Crippen LogP contribution < -0.4 is 0 Å². The van der Waals surface area contributed by atoms with Crippen LogP contribution in [0.15, 0.2) is 184 Å². The van der Waals surface area contributed by atoms with Gasteiger partial charge < -0.3 is 4.42 Å². The first-order valence-corrected chi connectivity index (χ1v) is 21.3. The molecule has 0 fully saturated rings. The monoisotopic (exact) mass is 751 g/mol. The van der Waals surface area contributed by atoms with Crippen molar-refractivity contribution in [3.05, 3.63) is 181 Å². The van der Waals surface area contributed by atoms with E-state index >= 15 is 0 Å². The molecule has 1 atom stereocenters. The second kappa shape index (κ2) is 12.5. The summed E-state index contributed by atoms with van der Waals surface area (Å²) in [5, 5.41) is 9.99. The van der Waals surface area contributed by atoms with Crippen LogP contribution in [0.4, 0.5) is 0 Å². The van der Waals surface area contributed by atoms with Gasteiger partial charge in [0.15, 0.2) is 10.5 Å². The van der Waals surface area contributed by atoms with E-state index in [9.17, 15) is 0 Å². The normalized spacial score (nSPS) is 14.1. The van der Waals surface area contributed by atoms with Gasteiger partial charge in [-0.2, -0.15) is 0 Å². The lowest BCUT2D eigenvalue weighted by atomic mass is 9.80.